The summed E-state index contributed by atoms with van der Waals surface area (Å²) in [6, 6.07) is 5.62. The summed E-state index contributed by atoms with van der Waals surface area (Å²) < 4.78 is 80.9. The molecule has 1 aromatic rings. The summed E-state index contributed by atoms with van der Waals surface area (Å²) >= 11 is 0. The van der Waals surface area contributed by atoms with Gasteiger partial charge in [0.1, 0.15) is 11.9 Å². The predicted octanol–water partition coefficient (Wildman–Crippen LogP) is 10.9. The van der Waals surface area contributed by atoms with Gasteiger partial charge in [0.15, 0.2) is 9.84 Å². The van der Waals surface area contributed by atoms with Gasteiger partial charge in [-0.3, -0.25) is 0 Å². The first kappa shape index (κ1) is 36.8. The van der Waals surface area contributed by atoms with Crippen molar-refractivity contribution in [3.8, 4) is 6.07 Å². The number of nitrogens with zero attached hydrogens (tertiary/aromatic N) is 1. The van der Waals surface area contributed by atoms with E-state index in [9.17, 15) is 31.2 Å². The van der Waals surface area contributed by atoms with Gasteiger partial charge in [0.2, 0.25) is 0 Å². The van der Waals surface area contributed by atoms with Gasteiger partial charge in [0.05, 0.1) is 22.1 Å². The molecule has 0 N–H and O–H groups in total. The molecular formula is C37H49F4NO2S. The van der Waals surface area contributed by atoms with Crippen molar-refractivity contribution < 1.29 is 26.0 Å². The molecule has 0 amide bonds. The number of benzene rings is 1. The predicted molar refractivity (Wildman–Crippen MR) is 175 cm³/mol. The second-order valence-electron chi connectivity index (χ2n) is 13.3. The Balaban J connectivity index is 2.09. The molecule has 8 heteroatoms. The first-order valence-electron chi connectivity index (χ1n) is 16.3. The van der Waals surface area contributed by atoms with Crippen LogP contribution < -0.4 is 0 Å². The molecule has 3 atom stereocenters. The van der Waals surface area contributed by atoms with Gasteiger partial charge in [0, 0.05) is 0 Å². The number of hydrogen-bond acceptors (Lipinski definition) is 3. The molecule has 2 aliphatic carbocycles. The smallest absolute Gasteiger partial charge is 0.224 e. The van der Waals surface area contributed by atoms with Crippen molar-refractivity contribution in [2.45, 2.75) is 112 Å². The lowest BCUT2D eigenvalue weighted by atomic mass is 9.77. The minimum absolute atomic E-state index is 0.113. The Kier molecular flexibility index (Phi) is 12.5. The van der Waals surface area contributed by atoms with Crippen LogP contribution in [0.15, 0.2) is 51.5 Å². The van der Waals surface area contributed by atoms with Gasteiger partial charge < -0.3 is 0 Å². The minimum atomic E-state index is -4.29. The molecule has 3 rings (SSSR count). The van der Waals surface area contributed by atoms with E-state index in [1.807, 2.05) is 20.8 Å². The van der Waals surface area contributed by atoms with Crippen LogP contribution in [0.4, 0.5) is 17.6 Å². The summed E-state index contributed by atoms with van der Waals surface area (Å²) in [5, 5.41) is 10.6. The van der Waals surface area contributed by atoms with Crippen LogP contribution in [0.3, 0.4) is 0 Å². The molecule has 0 aromatic heterocycles. The van der Waals surface area contributed by atoms with Crippen LogP contribution in [-0.4, -0.2) is 20.3 Å². The zero-order chi connectivity index (χ0) is 33.7. The average Bonchev–Trinajstić information content (AvgIpc) is 3.48. The van der Waals surface area contributed by atoms with E-state index in [1.54, 1.807) is 32.1 Å². The Labute approximate surface area is 268 Å². The number of nitriles is 1. The molecule has 1 saturated carbocycles. The highest BCUT2D eigenvalue weighted by atomic mass is 32.2. The van der Waals surface area contributed by atoms with E-state index in [2.05, 4.69) is 13.0 Å². The number of allylic oxidation sites excluding steroid dienone is 7. The number of halogens is 4. The van der Waals surface area contributed by atoms with Crippen molar-refractivity contribution in [1.29, 1.82) is 5.26 Å². The number of alkyl halides is 3. The van der Waals surface area contributed by atoms with Crippen molar-refractivity contribution in [2.24, 2.45) is 23.7 Å². The Morgan fingerprint density at radius 1 is 1.02 bits per heavy atom. The Bertz CT molecular complexity index is 1520. The number of sulfone groups is 1. The normalized spacial score (nSPS) is 20.3. The molecule has 1 aromatic carbocycles. The molecule has 3 nitrogen and oxygen atoms in total. The lowest BCUT2D eigenvalue weighted by molar-refractivity contribution is -0.171. The average molecular weight is 648 g/mol. The van der Waals surface area contributed by atoms with Crippen LogP contribution in [0.5, 0.6) is 0 Å². The van der Waals surface area contributed by atoms with Gasteiger partial charge in [-0.2, -0.15) is 18.4 Å². The highest BCUT2D eigenvalue weighted by molar-refractivity contribution is 7.95. The number of rotatable bonds is 12. The van der Waals surface area contributed by atoms with Crippen LogP contribution in [0, 0.1) is 54.7 Å². The van der Waals surface area contributed by atoms with Crippen LogP contribution in [-0.2, 0) is 9.84 Å². The van der Waals surface area contributed by atoms with E-state index < -0.39 is 21.9 Å². The molecule has 0 spiro atoms. The van der Waals surface area contributed by atoms with Crippen LogP contribution in [0.25, 0.3) is 5.57 Å². The first-order valence-corrected chi connectivity index (χ1v) is 18.0. The molecule has 0 saturated heterocycles. The van der Waals surface area contributed by atoms with Crippen molar-refractivity contribution in [3.63, 3.8) is 0 Å². The molecule has 248 valence electrons. The Morgan fingerprint density at radius 3 is 2.24 bits per heavy atom. The lowest BCUT2D eigenvalue weighted by Crippen LogP contribution is -2.20. The van der Waals surface area contributed by atoms with E-state index in [4.69, 9.17) is 0 Å². The molecule has 0 aliphatic heterocycles. The third-order valence-corrected chi connectivity index (χ3v) is 12.2. The topological polar surface area (TPSA) is 57.9 Å². The molecule has 0 bridgehead atoms. The van der Waals surface area contributed by atoms with Crippen LogP contribution in [0.1, 0.15) is 109 Å². The van der Waals surface area contributed by atoms with Crippen LogP contribution in [0.2, 0.25) is 0 Å². The number of unbranched alkanes of at least 4 members (excludes halogenated alkanes) is 1. The summed E-state index contributed by atoms with van der Waals surface area (Å²) in [6.45, 7) is 12.6. The van der Waals surface area contributed by atoms with Gasteiger partial charge in [-0.25, -0.2) is 12.8 Å². The van der Waals surface area contributed by atoms with Crippen molar-refractivity contribution in [2.75, 3.05) is 5.75 Å². The fraction of sp³-hybridized carbons (Fsp3) is 0.595. The van der Waals surface area contributed by atoms with Crippen molar-refractivity contribution >= 4 is 15.4 Å². The fourth-order valence-corrected chi connectivity index (χ4v) is 8.71. The molecular weight excluding hydrogens is 598 g/mol. The van der Waals surface area contributed by atoms with Gasteiger partial charge in [-0.05, 0) is 110 Å². The molecule has 0 heterocycles. The second kappa shape index (κ2) is 15.3. The highest BCUT2D eigenvalue weighted by Gasteiger charge is 2.35. The third kappa shape index (κ3) is 8.78. The van der Waals surface area contributed by atoms with Gasteiger partial charge in [-0.15, -0.1) is 0 Å². The van der Waals surface area contributed by atoms with Gasteiger partial charge >= 0.3 is 6.18 Å². The maximum atomic E-state index is 14.9. The molecule has 45 heavy (non-hydrogen) atoms. The van der Waals surface area contributed by atoms with Crippen molar-refractivity contribution in [3.05, 3.63) is 74.0 Å². The first-order chi connectivity index (χ1) is 21.0. The summed E-state index contributed by atoms with van der Waals surface area (Å²) in [5.74, 6) is -1.49. The SMILES string of the molecule is CCC(CC(C1=C(C)C(C)C(C)=C(S(=O)(=O)CCCCC(C)C(F)(F)F)C=C1)=C(C#N)c1cc(F)c(C)cc1C)C1CCCC1. The molecule has 2 aliphatic rings. The lowest BCUT2D eigenvalue weighted by Gasteiger charge is -2.27. The monoisotopic (exact) mass is 647 g/mol. The van der Waals surface area contributed by atoms with E-state index in [0.717, 1.165) is 48.5 Å². The van der Waals surface area contributed by atoms with Crippen molar-refractivity contribution in [1.82, 2.24) is 0 Å². The third-order valence-electron chi connectivity index (χ3n) is 10.3. The highest BCUT2D eigenvalue weighted by Crippen LogP contribution is 2.43. The van der Waals surface area contributed by atoms with E-state index in [0.29, 0.717) is 40.5 Å². The van der Waals surface area contributed by atoms with E-state index >= 15 is 0 Å². The Hall–Kier alpha value is -2.66. The summed E-state index contributed by atoms with van der Waals surface area (Å²) in [6.07, 6.45) is 5.53. The number of hydrogen-bond donors (Lipinski definition) is 0. The summed E-state index contributed by atoms with van der Waals surface area (Å²) in [5.41, 5.74) is 5.49. The second-order valence-corrected chi connectivity index (χ2v) is 15.3. The number of aryl methyl sites for hydroxylation is 2. The zero-order valence-corrected chi connectivity index (χ0v) is 28.7. The molecule has 0 radical (unpaired) electrons. The summed E-state index contributed by atoms with van der Waals surface area (Å²) in [4.78, 5) is 0.187. The van der Waals surface area contributed by atoms with Crippen LogP contribution >= 0.6 is 0 Å². The summed E-state index contributed by atoms with van der Waals surface area (Å²) in [7, 11) is -3.78. The standard InChI is InChI=1S/C37H49F4NO2S/c1-8-29(30-14-9-10-15-30)20-33(34(22-42)32-21-35(38)24(3)19-23(32)2)31-16-17-36(28(7)26(5)27(31)6)45(43,44)18-12-11-13-25(4)37(39,40)41/h16-17,19,21,25-26,29-30H,8-15,18,20H2,1-7H3. The minimum Gasteiger partial charge on any atom is -0.224 e. The fourth-order valence-electron chi connectivity index (χ4n) is 6.96. The quantitative estimate of drug-likeness (QED) is 0.129. The van der Waals surface area contributed by atoms with Gasteiger partial charge in [-0.1, -0.05) is 77.0 Å². The maximum Gasteiger partial charge on any atom is 0.391 e. The van der Waals surface area contributed by atoms with Gasteiger partial charge in [0.25, 0.3) is 0 Å². The Morgan fingerprint density at radius 2 is 1.67 bits per heavy atom. The zero-order valence-electron chi connectivity index (χ0n) is 27.9. The van der Waals surface area contributed by atoms with E-state index in [1.165, 1.54) is 18.9 Å². The molecule has 1 fully saturated rings. The maximum absolute atomic E-state index is 14.9. The largest absolute Gasteiger partial charge is 0.391 e. The van der Waals surface area contributed by atoms with E-state index in [-0.39, 0.29) is 41.7 Å². The molecule has 3 unspecified atom stereocenters.